The van der Waals surface area contributed by atoms with Crippen molar-refractivity contribution in [3.8, 4) is 0 Å². The molecule has 108 valence electrons. The van der Waals surface area contributed by atoms with Gasteiger partial charge in [0.05, 0.1) is 23.4 Å². The maximum atomic E-state index is 10.7. The van der Waals surface area contributed by atoms with E-state index in [9.17, 15) is 4.79 Å². The van der Waals surface area contributed by atoms with Crippen LogP contribution in [-0.4, -0.2) is 39.6 Å². The van der Waals surface area contributed by atoms with Crippen LogP contribution in [-0.2, 0) is 16.1 Å². The average Bonchev–Trinajstić information content (AvgIpc) is 2.77. The van der Waals surface area contributed by atoms with Crippen LogP contribution in [0.2, 0.25) is 0 Å². The number of carbonyl (C=O) groups is 1. The molecule has 2 rings (SSSR count). The number of thioether (sulfide) groups is 1. The number of aromatic nitrogens is 2. The zero-order valence-corrected chi connectivity index (χ0v) is 12.4. The van der Waals surface area contributed by atoms with E-state index in [4.69, 9.17) is 9.84 Å². The molecule has 0 aliphatic carbocycles. The van der Waals surface area contributed by atoms with Gasteiger partial charge in [-0.05, 0) is 25.5 Å². The van der Waals surface area contributed by atoms with E-state index in [1.807, 2.05) is 36.6 Å². The van der Waals surface area contributed by atoms with Crippen molar-refractivity contribution in [3.05, 3.63) is 23.8 Å². The van der Waals surface area contributed by atoms with Crippen molar-refractivity contribution in [2.75, 3.05) is 19.0 Å². The molecule has 0 bridgehead atoms. The van der Waals surface area contributed by atoms with E-state index < -0.39 is 5.97 Å². The Kier molecular flexibility index (Phi) is 5.03. The minimum absolute atomic E-state index is 0.0109. The number of aryl methyl sites for hydroxylation is 1. The summed E-state index contributed by atoms with van der Waals surface area (Å²) in [6.45, 7) is 5.90. The lowest BCUT2D eigenvalue weighted by atomic mass is 10.2. The fraction of sp³-hybridized carbons (Fsp3) is 0.429. The van der Waals surface area contributed by atoms with Gasteiger partial charge in [0.15, 0.2) is 5.16 Å². The van der Waals surface area contributed by atoms with Gasteiger partial charge in [-0.2, -0.15) is 0 Å². The lowest BCUT2D eigenvalue weighted by molar-refractivity contribution is -0.133. The molecule has 0 aliphatic rings. The van der Waals surface area contributed by atoms with Gasteiger partial charge in [0, 0.05) is 13.2 Å². The number of aliphatic carboxylic acids is 1. The number of benzene rings is 1. The molecule has 0 spiro atoms. The Morgan fingerprint density at radius 3 is 3.00 bits per heavy atom. The molecule has 6 heteroatoms. The highest BCUT2D eigenvalue weighted by Crippen LogP contribution is 2.25. The van der Waals surface area contributed by atoms with Gasteiger partial charge in [-0.25, -0.2) is 4.98 Å². The molecule has 0 saturated heterocycles. The molecule has 0 radical (unpaired) electrons. The predicted octanol–water partition coefficient (Wildman–Crippen LogP) is 2.56. The number of rotatable bonds is 7. The number of ether oxygens (including phenoxy) is 1. The first kappa shape index (κ1) is 14.9. The van der Waals surface area contributed by atoms with Crippen LogP contribution in [0, 0.1) is 6.92 Å². The lowest BCUT2D eigenvalue weighted by Crippen LogP contribution is -2.08. The summed E-state index contributed by atoms with van der Waals surface area (Å²) in [4.78, 5) is 15.3. The minimum Gasteiger partial charge on any atom is -0.481 e. The molecule has 0 fully saturated rings. The van der Waals surface area contributed by atoms with Crippen LogP contribution in [0.3, 0.4) is 0 Å². The van der Waals surface area contributed by atoms with Crippen LogP contribution in [0.5, 0.6) is 0 Å². The second kappa shape index (κ2) is 6.76. The van der Waals surface area contributed by atoms with Crippen molar-refractivity contribution in [1.82, 2.24) is 9.55 Å². The molecule has 5 nitrogen and oxygen atoms in total. The first-order valence-corrected chi connectivity index (χ1v) is 7.50. The summed E-state index contributed by atoms with van der Waals surface area (Å²) in [5.74, 6) is -0.827. The van der Waals surface area contributed by atoms with Gasteiger partial charge in [0.1, 0.15) is 0 Å². The Hall–Kier alpha value is -1.53. The first-order chi connectivity index (χ1) is 9.63. The Labute approximate surface area is 121 Å². The van der Waals surface area contributed by atoms with Crippen molar-refractivity contribution in [2.24, 2.45) is 0 Å². The topological polar surface area (TPSA) is 64.3 Å². The number of fused-ring (bicyclic) bond motifs is 1. The van der Waals surface area contributed by atoms with Crippen molar-refractivity contribution >= 4 is 28.8 Å². The number of carboxylic acids is 1. The highest BCUT2D eigenvalue weighted by atomic mass is 32.2. The fourth-order valence-electron chi connectivity index (χ4n) is 2.02. The second-order valence-electron chi connectivity index (χ2n) is 4.37. The zero-order valence-electron chi connectivity index (χ0n) is 11.6. The number of carboxylic acid groups (broad SMARTS) is 1. The molecule has 0 saturated carbocycles. The van der Waals surface area contributed by atoms with Gasteiger partial charge >= 0.3 is 5.97 Å². The maximum absolute atomic E-state index is 10.7. The van der Waals surface area contributed by atoms with E-state index in [0.29, 0.717) is 19.8 Å². The standard InChI is InChI=1S/C14H18N2O3S/c1-3-19-8-7-16-11-6-4-5-10(2)13(11)15-14(16)20-9-12(17)18/h4-6H,3,7-9H2,1-2H3,(H,17,18). The number of hydrogen-bond acceptors (Lipinski definition) is 4. The van der Waals surface area contributed by atoms with Crippen LogP contribution in [0.1, 0.15) is 12.5 Å². The highest BCUT2D eigenvalue weighted by Gasteiger charge is 2.13. The normalized spacial score (nSPS) is 11.1. The maximum Gasteiger partial charge on any atom is 0.313 e. The number of imidazole rings is 1. The van der Waals surface area contributed by atoms with Crippen LogP contribution in [0.15, 0.2) is 23.4 Å². The third-order valence-corrected chi connectivity index (χ3v) is 3.89. The molecule has 0 unspecified atom stereocenters. The molecule has 0 atom stereocenters. The first-order valence-electron chi connectivity index (χ1n) is 6.51. The summed E-state index contributed by atoms with van der Waals surface area (Å²) in [7, 11) is 0. The van der Waals surface area contributed by atoms with Crippen LogP contribution >= 0.6 is 11.8 Å². The van der Waals surface area contributed by atoms with Gasteiger partial charge in [-0.3, -0.25) is 4.79 Å². The average molecular weight is 294 g/mol. The smallest absolute Gasteiger partial charge is 0.313 e. The van der Waals surface area contributed by atoms with Crippen molar-refractivity contribution < 1.29 is 14.6 Å². The van der Waals surface area contributed by atoms with E-state index in [1.165, 1.54) is 11.8 Å². The van der Waals surface area contributed by atoms with Gasteiger partial charge in [-0.15, -0.1) is 0 Å². The number of para-hydroxylation sites is 1. The molecule has 1 heterocycles. The predicted molar refractivity (Wildman–Crippen MR) is 79.3 cm³/mol. The zero-order chi connectivity index (χ0) is 14.5. The summed E-state index contributed by atoms with van der Waals surface area (Å²) in [5, 5.41) is 9.56. The molecule has 1 aromatic heterocycles. The molecule has 1 aromatic carbocycles. The molecule has 0 amide bonds. The molecule has 20 heavy (non-hydrogen) atoms. The summed E-state index contributed by atoms with van der Waals surface area (Å²) in [6.07, 6.45) is 0. The third kappa shape index (κ3) is 3.32. The van der Waals surface area contributed by atoms with Crippen molar-refractivity contribution in [3.63, 3.8) is 0 Å². The fourth-order valence-corrected chi connectivity index (χ4v) is 2.77. The Morgan fingerprint density at radius 1 is 1.50 bits per heavy atom. The summed E-state index contributed by atoms with van der Waals surface area (Å²) >= 11 is 1.24. The molecular weight excluding hydrogens is 276 g/mol. The molecule has 0 aliphatic heterocycles. The van der Waals surface area contributed by atoms with E-state index in [1.54, 1.807) is 0 Å². The van der Waals surface area contributed by atoms with Gasteiger partial charge in [0.25, 0.3) is 0 Å². The highest BCUT2D eigenvalue weighted by molar-refractivity contribution is 7.99. The Bertz CT molecular complexity index is 610. The van der Waals surface area contributed by atoms with Crippen molar-refractivity contribution in [2.45, 2.75) is 25.5 Å². The summed E-state index contributed by atoms with van der Waals surface area (Å²) in [6, 6.07) is 6.00. The molecule has 1 N–H and O–H groups in total. The third-order valence-electron chi connectivity index (χ3n) is 2.93. The largest absolute Gasteiger partial charge is 0.481 e. The quantitative estimate of drug-likeness (QED) is 0.628. The Morgan fingerprint density at radius 2 is 2.30 bits per heavy atom. The van der Waals surface area contributed by atoms with Crippen molar-refractivity contribution in [1.29, 1.82) is 0 Å². The van der Waals surface area contributed by atoms with E-state index in [-0.39, 0.29) is 5.75 Å². The minimum atomic E-state index is -0.838. The SMILES string of the molecule is CCOCCn1c(SCC(=O)O)nc2c(C)cccc21. The summed E-state index contributed by atoms with van der Waals surface area (Å²) in [5.41, 5.74) is 3.05. The molecule has 2 aromatic rings. The lowest BCUT2D eigenvalue weighted by Gasteiger charge is -2.08. The number of nitrogens with zero attached hydrogens (tertiary/aromatic N) is 2. The van der Waals surface area contributed by atoms with Crippen LogP contribution in [0.25, 0.3) is 11.0 Å². The second-order valence-corrected chi connectivity index (χ2v) is 5.31. The summed E-state index contributed by atoms with van der Waals surface area (Å²) < 4.78 is 7.43. The van der Waals surface area contributed by atoms with Gasteiger partial charge in [0.2, 0.25) is 0 Å². The van der Waals surface area contributed by atoms with Crippen LogP contribution in [0.4, 0.5) is 0 Å². The number of hydrogen-bond donors (Lipinski definition) is 1. The monoisotopic (exact) mass is 294 g/mol. The molecular formula is C14H18N2O3S. The van der Waals surface area contributed by atoms with E-state index in [0.717, 1.165) is 21.8 Å². The van der Waals surface area contributed by atoms with E-state index >= 15 is 0 Å². The van der Waals surface area contributed by atoms with Gasteiger partial charge in [-0.1, -0.05) is 23.9 Å². The van der Waals surface area contributed by atoms with Crippen LogP contribution < -0.4 is 0 Å². The van der Waals surface area contributed by atoms with Gasteiger partial charge < -0.3 is 14.4 Å². The van der Waals surface area contributed by atoms with E-state index in [2.05, 4.69) is 4.98 Å². The Balaban J connectivity index is 2.34.